The quantitative estimate of drug-likeness (QED) is 0.174. The fraction of sp³-hybridized carbons (Fsp3) is 0.545. The molecule has 35 heavy (non-hydrogen) atoms. The largest absolute Gasteiger partial charge is 0.480 e. The Morgan fingerprint density at radius 3 is 2.03 bits per heavy atom. The lowest BCUT2D eigenvalue weighted by atomic mass is 10.0. The topological polar surface area (TPSA) is 157 Å². The van der Waals surface area contributed by atoms with Gasteiger partial charge in [0.1, 0.15) is 18.1 Å². The van der Waals surface area contributed by atoms with E-state index in [1.54, 1.807) is 44.2 Å². The number of hydrogen-bond acceptors (Lipinski definition) is 6. The van der Waals surface area contributed by atoms with E-state index in [1.165, 1.54) is 5.48 Å². The van der Waals surface area contributed by atoms with Crippen LogP contribution in [-0.4, -0.2) is 64.3 Å². The molecule has 0 aliphatic heterocycles. The number of carboxylic acid groups (broad SMARTS) is 1. The minimum Gasteiger partial charge on any atom is -0.480 e. The van der Waals surface area contributed by atoms with Crippen LogP contribution < -0.4 is 21.4 Å². The van der Waals surface area contributed by atoms with Crippen molar-refractivity contribution in [2.75, 3.05) is 0 Å². The molecule has 4 atom stereocenters. The molecule has 1 aromatic rings. The van der Waals surface area contributed by atoms with Crippen LogP contribution in [0.3, 0.4) is 0 Å². The second kappa shape index (κ2) is 13.6. The standard InChI is InChI=1S/C22H31F3N4O6/c1-12(2)9-15(20(32)28-16(21(33)34)10-14-7-5-4-6-8-14)27-18(30)11-17(22(23,24)25)26-13(3)19(31)29-35/h4-8,12-13,15-17,26,35H,9-11H2,1-3H3,(H,27,30)(H,28,32)(H,29,31)(H,33,34)/t13-,15-,16-,17+/m0/s1. The third kappa shape index (κ3) is 10.7. The highest BCUT2D eigenvalue weighted by Crippen LogP contribution is 2.23. The summed E-state index contributed by atoms with van der Waals surface area (Å²) in [5, 5.41) is 24.6. The van der Waals surface area contributed by atoms with Gasteiger partial charge in [0.15, 0.2) is 0 Å². The number of carbonyl (C=O) groups is 4. The first-order valence-corrected chi connectivity index (χ1v) is 10.9. The highest BCUT2D eigenvalue weighted by molar-refractivity contribution is 5.90. The van der Waals surface area contributed by atoms with Gasteiger partial charge in [-0.15, -0.1) is 0 Å². The maximum atomic E-state index is 13.4. The minimum absolute atomic E-state index is 0.0326. The summed E-state index contributed by atoms with van der Waals surface area (Å²) in [6.07, 6.45) is -6.06. The van der Waals surface area contributed by atoms with Crippen molar-refractivity contribution in [1.82, 2.24) is 21.4 Å². The molecule has 0 aliphatic rings. The van der Waals surface area contributed by atoms with E-state index in [0.29, 0.717) is 5.56 Å². The van der Waals surface area contributed by atoms with Crippen molar-refractivity contribution in [2.24, 2.45) is 5.92 Å². The van der Waals surface area contributed by atoms with E-state index in [1.807, 2.05) is 5.32 Å². The first-order valence-electron chi connectivity index (χ1n) is 10.9. The van der Waals surface area contributed by atoms with Gasteiger partial charge in [0.2, 0.25) is 11.8 Å². The van der Waals surface area contributed by atoms with Gasteiger partial charge in [0.25, 0.3) is 5.91 Å². The van der Waals surface area contributed by atoms with Gasteiger partial charge in [-0.25, -0.2) is 10.3 Å². The van der Waals surface area contributed by atoms with E-state index in [2.05, 4.69) is 10.6 Å². The predicted octanol–water partition coefficient (Wildman–Crippen LogP) is 1.13. The molecule has 1 aromatic carbocycles. The molecule has 13 heteroatoms. The lowest BCUT2D eigenvalue weighted by molar-refractivity contribution is -0.165. The summed E-state index contributed by atoms with van der Waals surface area (Å²) >= 11 is 0. The molecular formula is C22H31F3N4O6. The number of benzene rings is 1. The van der Waals surface area contributed by atoms with Crippen molar-refractivity contribution in [1.29, 1.82) is 0 Å². The highest BCUT2D eigenvalue weighted by atomic mass is 19.4. The van der Waals surface area contributed by atoms with Crippen LogP contribution in [0.15, 0.2) is 30.3 Å². The second-order valence-electron chi connectivity index (χ2n) is 8.50. The number of halogens is 3. The molecule has 0 aliphatic carbocycles. The van der Waals surface area contributed by atoms with Crippen molar-refractivity contribution in [3.63, 3.8) is 0 Å². The van der Waals surface area contributed by atoms with Crippen LogP contribution in [0.5, 0.6) is 0 Å². The number of carboxylic acids is 1. The number of hydroxylamine groups is 1. The minimum atomic E-state index is -4.92. The van der Waals surface area contributed by atoms with Crippen LogP contribution >= 0.6 is 0 Å². The predicted molar refractivity (Wildman–Crippen MR) is 118 cm³/mol. The van der Waals surface area contributed by atoms with E-state index in [-0.39, 0.29) is 18.8 Å². The number of aliphatic carboxylic acids is 1. The summed E-state index contributed by atoms with van der Waals surface area (Å²) in [6.45, 7) is 4.51. The number of amides is 3. The summed E-state index contributed by atoms with van der Waals surface area (Å²) in [5.74, 6) is -4.58. The molecule has 10 nitrogen and oxygen atoms in total. The van der Waals surface area contributed by atoms with Gasteiger partial charge in [0.05, 0.1) is 12.5 Å². The average Bonchev–Trinajstić information content (AvgIpc) is 2.76. The summed E-state index contributed by atoms with van der Waals surface area (Å²) < 4.78 is 40.2. The number of carbonyl (C=O) groups excluding carboxylic acids is 3. The lowest BCUT2D eigenvalue weighted by Crippen LogP contribution is -2.55. The zero-order valence-electron chi connectivity index (χ0n) is 19.6. The fourth-order valence-electron chi connectivity index (χ4n) is 3.21. The van der Waals surface area contributed by atoms with Crippen molar-refractivity contribution in [2.45, 2.75) is 70.4 Å². The van der Waals surface area contributed by atoms with Crippen LogP contribution in [0.1, 0.15) is 39.2 Å². The average molecular weight is 505 g/mol. The van der Waals surface area contributed by atoms with Crippen LogP contribution in [0.4, 0.5) is 13.2 Å². The normalized spacial score (nSPS) is 15.0. The fourth-order valence-corrected chi connectivity index (χ4v) is 3.21. The first kappa shape index (κ1) is 29.8. The monoisotopic (exact) mass is 504 g/mol. The summed E-state index contributed by atoms with van der Waals surface area (Å²) in [6, 6.07) is 1.99. The summed E-state index contributed by atoms with van der Waals surface area (Å²) in [5.41, 5.74) is 1.86. The number of hydrogen-bond donors (Lipinski definition) is 6. The van der Waals surface area contributed by atoms with Crippen molar-refractivity contribution >= 4 is 23.7 Å². The molecule has 6 N–H and O–H groups in total. The number of alkyl halides is 3. The molecule has 0 bridgehead atoms. The van der Waals surface area contributed by atoms with Crippen molar-refractivity contribution in [3.8, 4) is 0 Å². The molecule has 0 fully saturated rings. The Morgan fingerprint density at radius 2 is 1.54 bits per heavy atom. The van der Waals surface area contributed by atoms with E-state index < -0.39 is 60.5 Å². The molecule has 3 amide bonds. The van der Waals surface area contributed by atoms with Gasteiger partial charge in [-0.3, -0.25) is 24.9 Å². The second-order valence-corrected chi connectivity index (χ2v) is 8.50. The molecule has 0 aromatic heterocycles. The highest BCUT2D eigenvalue weighted by Gasteiger charge is 2.42. The first-order chi connectivity index (χ1) is 16.2. The SMILES string of the molecule is CC(C)C[C@H](NC(=O)C[C@@H](N[C@@H](C)C(=O)NO)C(F)(F)F)C(=O)N[C@@H](Cc1ccccc1)C(=O)O. The molecule has 0 saturated carbocycles. The Morgan fingerprint density at radius 1 is 0.943 bits per heavy atom. The van der Waals surface area contributed by atoms with Crippen molar-refractivity contribution < 1.29 is 42.7 Å². The molecule has 1 rings (SSSR count). The molecule has 196 valence electrons. The number of rotatable bonds is 13. The van der Waals surface area contributed by atoms with Gasteiger partial charge in [0, 0.05) is 6.42 Å². The number of nitrogens with one attached hydrogen (secondary N) is 4. The van der Waals surface area contributed by atoms with E-state index in [0.717, 1.165) is 6.92 Å². The zero-order valence-corrected chi connectivity index (χ0v) is 19.6. The van der Waals surface area contributed by atoms with Gasteiger partial charge < -0.3 is 15.7 Å². The Labute approximate surface area is 200 Å². The zero-order chi connectivity index (χ0) is 26.8. The Hall–Kier alpha value is -3.19. The molecule has 0 spiro atoms. The van der Waals surface area contributed by atoms with Gasteiger partial charge in [-0.2, -0.15) is 13.2 Å². The maximum Gasteiger partial charge on any atom is 0.404 e. The van der Waals surface area contributed by atoms with Gasteiger partial charge >= 0.3 is 12.1 Å². The van der Waals surface area contributed by atoms with E-state index >= 15 is 0 Å². The van der Waals surface area contributed by atoms with Gasteiger partial charge in [-0.1, -0.05) is 44.2 Å². The van der Waals surface area contributed by atoms with Gasteiger partial charge in [-0.05, 0) is 24.8 Å². The summed E-state index contributed by atoms with van der Waals surface area (Å²) in [7, 11) is 0. The maximum absolute atomic E-state index is 13.4. The Balaban J connectivity index is 2.94. The molecule has 0 heterocycles. The smallest absolute Gasteiger partial charge is 0.404 e. The summed E-state index contributed by atoms with van der Waals surface area (Å²) in [4.78, 5) is 48.2. The van der Waals surface area contributed by atoms with Crippen LogP contribution in [0.25, 0.3) is 0 Å². The van der Waals surface area contributed by atoms with Crippen molar-refractivity contribution in [3.05, 3.63) is 35.9 Å². The van der Waals surface area contributed by atoms with E-state index in [9.17, 15) is 37.5 Å². The molecule has 0 radical (unpaired) electrons. The Bertz CT molecular complexity index is 866. The van der Waals surface area contributed by atoms with E-state index in [4.69, 9.17) is 5.21 Å². The third-order valence-electron chi connectivity index (χ3n) is 5.00. The lowest BCUT2D eigenvalue weighted by Gasteiger charge is -2.26. The van der Waals surface area contributed by atoms with Crippen LogP contribution in [0, 0.1) is 5.92 Å². The van der Waals surface area contributed by atoms with Crippen LogP contribution in [-0.2, 0) is 25.6 Å². The molecule has 0 unspecified atom stereocenters. The molecule has 0 saturated heterocycles. The molecular weight excluding hydrogens is 473 g/mol. The Kier molecular flexibility index (Phi) is 11.6. The van der Waals surface area contributed by atoms with Crippen LogP contribution in [0.2, 0.25) is 0 Å². The third-order valence-corrected chi connectivity index (χ3v) is 5.00.